The summed E-state index contributed by atoms with van der Waals surface area (Å²) in [6.07, 6.45) is -1.71. The summed E-state index contributed by atoms with van der Waals surface area (Å²) in [7, 11) is 4.27. The third-order valence-electron chi connectivity index (χ3n) is 12.5. The van der Waals surface area contributed by atoms with Crippen LogP contribution in [0, 0.1) is 0 Å². The van der Waals surface area contributed by atoms with Crippen molar-refractivity contribution in [3.8, 4) is 11.5 Å². The first-order valence-electron chi connectivity index (χ1n) is 22.2. The third-order valence-corrected chi connectivity index (χ3v) is 12.5. The molecule has 2 amide bonds. The van der Waals surface area contributed by atoms with E-state index in [1.807, 2.05) is 36.4 Å². The lowest BCUT2D eigenvalue weighted by Gasteiger charge is -2.37. The van der Waals surface area contributed by atoms with Gasteiger partial charge in [0, 0.05) is 82.5 Å². The molecule has 0 aromatic heterocycles. The van der Waals surface area contributed by atoms with Gasteiger partial charge < -0.3 is 43.6 Å². The summed E-state index contributed by atoms with van der Waals surface area (Å²) in [4.78, 5) is 39.8. The number of anilines is 5. The second-order valence-corrected chi connectivity index (χ2v) is 16.9. The number of alkyl halides is 3. The van der Waals surface area contributed by atoms with Gasteiger partial charge in [-0.3, -0.25) is 9.69 Å². The van der Waals surface area contributed by atoms with Crippen molar-refractivity contribution < 1.29 is 37.0 Å². The molecule has 5 aliphatic heterocycles. The Bertz CT molecular complexity index is 2140. The lowest BCUT2D eigenvalue weighted by Crippen LogP contribution is -2.47. The minimum atomic E-state index is -4.40. The van der Waals surface area contributed by atoms with E-state index in [4.69, 9.17) is 14.2 Å². The maximum Gasteiger partial charge on any atom is 0.416 e. The average Bonchev–Trinajstić information content (AvgIpc) is 3.74. The van der Waals surface area contributed by atoms with Gasteiger partial charge in [0.25, 0.3) is 5.91 Å². The quantitative estimate of drug-likeness (QED) is 0.169. The normalized spacial score (nSPS) is 21.5. The van der Waals surface area contributed by atoms with E-state index >= 15 is 0 Å². The number of para-hydroxylation sites is 4. The van der Waals surface area contributed by atoms with E-state index in [-0.39, 0.29) is 18.1 Å². The van der Waals surface area contributed by atoms with E-state index < -0.39 is 17.8 Å². The molecular formula is C48H58F3N7O5. The number of nitrogens with zero attached hydrogens (tertiary/aromatic N) is 7. The fraction of sp³-hybridized carbons (Fsp3) is 0.458. The minimum absolute atomic E-state index is 0.158. The zero-order valence-corrected chi connectivity index (χ0v) is 36.2. The van der Waals surface area contributed by atoms with Crippen LogP contribution in [0.25, 0.3) is 0 Å². The molecule has 12 nitrogen and oxygen atoms in total. The van der Waals surface area contributed by atoms with Crippen LogP contribution in [-0.2, 0) is 15.7 Å². The van der Waals surface area contributed by atoms with Crippen LogP contribution in [0.5, 0.6) is 11.5 Å². The molecule has 0 spiro atoms. The molecule has 5 aliphatic rings. The zero-order chi connectivity index (χ0) is 43.9. The summed E-state index contributed by atoms with van der Waals surface area (Å²) in [5.41, 5.74) is 3.96. The Morgan fingerprint density at radius 3 is 1.65 bits per heavy atom. The van der Waals surface area contributed by atoms with Gasteiger partial charge >= 0.3 is 12.3 Å². The molecular weight excluding hydrogens is 812 g/mol. The van der Waals surface area contributed by atoms with Crippen molar-refractivity contribution in [3.05, 3.63) is 103 Å². The van der Waals surface area contributed by atoms with Gasteiger partial charge in [0.1, 0.15) is 24.2 Å². The molecule has 0 saturated carbocycles. The van der Waals surface area contributed by atoms with E-state index in [0.29, 0.717) is 44.0 Å². The van der Waals surface area contributed by atoms with Crippen molar-refractivity contribution in [3.63, 3.8) is 0 Å². The van der Waals surface area contributed by atoms with Crippen LogP contribution in [0.15, 0.2) is 97.1 Å². The number of piperazine rings is 2. The van der Waals surface area contributed by atoms with Crippen LogP contribution in [0.1, 0.15) is 31.2 Å². The second-order valence-electron chi connectivity index (χ2n) is 16.9. The number of amides is 2. The number of likely N-dealkylation sites (N-methyl/N-ethyl adjacent to an activating group) is 2. The number of ether oxygens (including phenoxy) is 3. The Kier molecular flexibility index (Phi) is 13.8. The fourth-order valence-corrected chi connectivity index (χ4v) is 8.84. The zero-order valence-electron chi connectivity index (χ0n) is 36.2. The van der Waals surface area contributed by atoms with Crippen molar-refractivity contribution in [2.45, 2.75) is 44.1 Å². The topological polar surface area (TPSA) is 84.5 Å². The van der Waals surface area contributed by atoms with Gasteiger partial charge in [0.2, 0.25) is 0 Å². The van der Waals surface area contributed by atoms with E-state index in [9.17, 15) is 22.8 Å². The predicted molar refractivity (Wildman–Crippen MR) is 241 cm³/mol. The third kappa shape index (κ3) is 10.8. The number of rotatable bonds is 9. The molecule has 0 bridgehead atoms. The number of cyclic esters (lactones) is 1. The highest BCUT2D eigenvalue weighted by molar-refractivity contribution is 5.97. The largest absolute Gasteiger partial charge is 0.486 e. The molecule has 63 heavy (non-hydrogen) atoms. The van der Waals surface area contributed by atoms with E-state index in [1.165, 1.54) is 28.4 Å². The molecule has 5 fully saturated rings. The first-order chi connectivity index (χ1) is 30.5. The Balaban J connectivity index is 0.000000173. The summed E-state index contributed by atoms with van der Waals surface area (Å²) < 4.78 is 56.3. The van der Waals surface area contributed by atoms with Crippen LogP contribution in [0.4, 0.5) is 46.4 Å². The van der Waals surface area contributed by atoms with Gasteiger partial charge in [0.15, 0.2) is 6.10 Å². The van der Waals surface area contributed by atoms with Crippen molar-refractivity contribution in [1.29, 1.82) is 0 Å². The molecule has 2 unspecified atom stereocenters. The second kappa shape index (κ2) is 19.8. The highest BCUT2D eigenvalue weighted by atomic mass is 19.4. The highest BCUT2D eigenvalue weighted by Gasteiger charge is 2.34. The van der Waals surface area contributed by atoms with Gasteiger partial charge in [-0.25, -0.2) is 4.79 Å². The number of hydrogen-bond donors (Lipinski definition) is 0. The number of hydrogen-bond acceptors (Lipinski definition) is 10. The van der Waals surface area contributed by atoms with E-state index in [1.54, 1.807) is 4.90 Å². The van der Waals surface area contributed by atoms with E-state index in [2.05, 4.69) is 75.0 Å². The molecule has 4 aromatic carbocycles. The highest BCUT2D eigenvalue weighted by Crippen LogP contribution is 2.35. The monoisotopic (exact) mass is 869 g/mol. The number of carbonyl (C=O) groups excluding carboxylic acids is 2. The van der Waals surface area contributed by atoms with Gasteiger partial charge in [-0.05, 0) is 113 Å². The summed E-state index contributed by atoms with van der Waals surface area (Å²) in [6.45, 7) is 11.3. The summed E-state index contributed by atoms with van der Waals surface area (Å²) in [5.74, 6) is 1.44. The minimum Gasteiger partial charge on any atom is -0.486 e. The number of piperidine rings is 2. The van der Waals surface area contributed by atoms with E-state index in [0.717, 1.165) is 108 Å². The van der Waals surface area contributed by atoms with Crippen LogP contribution in [0.3, 0.4) is 0 Å². The average molecular weight is 870 g/mol. The number of benzene rings is 4. The summed E-state index contributed by atoms with van der Waals surface area (Å²) in [5, 5.41) is 0. The number of halogens is 3. The van der Waals surface area contributed by atoms with Crippen LogP contribution in [0.2, 0.25) is 0 Å². The van der Waals surface area contributed by atoms with Crippen LogP contribution >= 0.6 is 0 Å². The summed E-state index contributed by atoms with van der Waals surface area (Å²) >= 11 is 0. The molecule has 4 aromatic rings. The SMILES string of the molecule is CN1CCN(c2ccccc2OC2CCCN(c3ccc(C(F)(F)F)cc3)C2=O)CC1.CN1CCN(c2ccccc2OC2CCCN(c3ccc(N4CCOC4=O)cc3)C2)CC1. The molecule has 5 heterocycles. The standard InChI is InChI=1S/C25H32N4O3.C23H26F3N3O2/c1-26-13-15-27(16-14-26)23-6-2-3-7-24(23)32-22-5-4-12-28(19-22)20-8-10-21(11-9-20)29-17-18-31-25(29)30;1-27-13-15-28(16-14-27)19-5-2-3-6-20(19)31-21-7-4-12-29(22(21)30)18-10-8-17(9-11-18)23(24,25)26/h2-3,6-11,22H,4-5,12-19H2,1H3;2-3,5-6,8-11,21H,4,7,12-16H2,1H3. The molecule has 15 heteroatoms. The predicted octanol–water partition coefficient (Wildman–Crippen LogP) is 7.47. The molecule has 0 aliphatic carbocycles. The smallest absolute Gasteiger partial charge is 0.416 e. The van der Waals surface area contributed by atoms with Gasteiger partial charge in [-0.2, -0.15) is 13.2 Å². The van der Waals surface area contributed by atoms with Gasteiger partial charge in [0.05, 0.1) is 30.0 Å². The van der Waals surface area contributed by atoms with Crippen LogP contribution < -0.4 is 34.0 Å². The van der Waals surface area contributed by atoms with Crippen molar-refractivity contribution in [1.82, 2.24) is 9.80 Å². The lowest BCUT2D eigenvalue weighted by atomic mass is 10.1. The fourth-order valence-electron chi connectivity index (χ4n) is 8.84. The van der Waals surface area contributed by atoms with Crippen molar-refractivity contribution >= 4 is 40.4 Å². The molecule has 5 saturated heterocycles. The molecule has 2 atom stereocenters. The Morgan fingerprint density at radius 2 is 1.08 bits per heavy atom. The Morgan fingerprint density at radius 1 is 0.556 bits per heavy atom. The first-order valence-corrected chi connectivity index (χ1v) is 22.2. The Labute approximate surface area is 368 Å². The van der Waals surface area contributed by atoms with Crippen molar-refractivity contribution in [2.75, 3.05) is 124 Å². The maximum absolute atomic E-state index is 13.1. The first kappa shape index (κ1) is 44.0. The molecule has 9 rings (SSSR count). The maximum atomic E-state index is 13.1. The number of carbonyl (C=O) groups is 2. The molecule has 0 radical (unpaired) electrons. The van der Waals surface area contributed by atoms with Gasteiger partial charge in [-0.15, -0.1) is 0 Å². The summed E-state index contributed by atoms with van der Waals surface area (Å²) in [6, 6.07) is 29.1. The molecule has 336 valence electrons. The Hall–Kier alpha value is -5.67. The van der Waals surface area contributed by atoms with Crippen molar-refractivity contribution in [2.24, 2.45) is 0 Å². The molecule has 0 N–H and O–H groups in total. The van der Waals surface area contributed by atoms with Gasteiger partial charge in [-0.1, -0.05) is 24.3 Å². The van der Waals surface area contributed by atoms with Crippen LogP contribution in [-0.4, -0.2) is 133 Å². The lowest BCUT2D eigenvalue weighted by molar-refractivity contribution is -0.137.